The molecule has 2 aromatic heterocycles. The van der Waals surface area contributed by atoms with Crippen molar-refractivity contribution in [3.63, 3.8) is 0 Å². The molecule has 10 heteroatoms. The first-order chi connectivity index (χ1) is 15.8. The highest BCUT2D eigenvalue weighted by atomic mass is 32.2. The van der Waals surface area contributed by atoms with Crippen LogP contribution >= 0.6 is 23.1 Å². The Balaban J connectivity index is 1.64. The van der Waals surface area contributed by atoms with Gasteiger partial charge >= 0.3 is 6.03 Å². The van der Waals surface area contributed by atoms with Crippen LogP contribution in [-0.4, -0.2) is 44.7 Å². The molecule has 3 aromatic rings. The maximum absolute atomic E-state index is 14.8. The van der Waals surface area contributed by atoms with Crippen molar-refractivity contribution in [2.24, 2.45) is 5.92 Å². The Kier molecular flexibility index (Phi) is 5.74. The van der Waals surface area contributed by atoms with Gasteiger partial charge in [-0.05, 0) is 49.8 Å². The lowest BCUT2D eigenvalue weighted by Gasteiger charge is -2.19. The van der Waals surface area contributed by atoms with Gasteiger partial charge in [0, 0.05) is 18.0 Å². The molecule has 2 atom stereocenters. The molecule has 3 amide bonds. The van der Waals surface area contributed by atoms with Crippen LogP contribution in [0.5, 0.6) is 0 Å². The van der Waals surface area contributed by atoms with Crippen LogP contribution < -0.4 is 10.9 Å². The number of thiophene rings is 1. The first-order valence-corrected chi connectivity index (χ1v) is 12.6. The summed E-state index contributed by atoms with van der Waals surface area (Å²) in [5.74, 6) is -0.376. The minimum atomic E-state index is -0.689. The number of halogens is 1. The number of rotatable bonds is 4. The number of hydrogen-bond acceptors (Lipinski definition) is 6. The van der Waals surface area contributed by atoms with Crippen molar-refractivity contribution in [1.29, 1.82) is 0 Å². The minimum absolute atomic E-state index is 0.0992. The molecule has 1 aliphatic carbocycles. The average molecular weight is 487 g/mol. The quantitative estimate of drug-likeness (QED) is 0.449. The van der Waals surface area contributed by atoms with Gasteiger partial charge in [-0.25, -0.2) is 14.2 Å². The van der Waals surface area contributed by atoms with Crippen molar-refractivity contribution in [3.05, 3.63) is 50.9 Å². The summed E-state index contributed by atoms with van der Waals surface area (Å²) < 4.78 is 16.1. The number of amides is 3. The number of aryl methyl sites for hydroxylation is 1. The Hall–Kier alpha value is -2.72. The lowest BCUT2D eigenvalue weighted by Crippen LogP contribution is -2.39. The molecule has 1 saturated heterocycles. The van der Waals surface area contributed by atoms with E-state index in [4.69, 9.17) is 4.98 Å². The van der Waals surface area contributed by atoms with Crippen molar-refractivity contribution < 1.29 is 14.0 Å². The summed E-state index contributed by atoms with van der Waals surface area (Å²) in [6, 6.07) is 5.64. The van der Waals surface area contributed by atoms with Crippen molar-refractivity contribution in [2.75, 3.05) is 13.1 Å². The van der Waals surface area contributed by atoms with E-state index in [2.05, 4.69) is 12.2 Å². The number of aromatic nitrogens is 2. The molecular weight excluding hydrogens is 463 g/mol. The van der Waals surface area contributed by atoms with Gasteiger partial charge in [-0.1, -0.05) is 30.8 Å². The molecule has 172 valence electrons. The highest BCUT2D eigenvalue weighted by Gasteiger charge is 2.32. The van der Waals surface area contributed by atoms with Crippen LogP contribution in [0.4, 0.5) is 9.18 Å². The molecule has 1 fully saturated rings. The van der Waals surface area contributed by atoms with Crippen LogP contribution in [0.15, 0.2) is 34.2 Å². The molecule has 2 unspecified atom stereocenters. The first kappa shape index (κ1) is 22.1. The maximum Gasteiger partial charge on any atom is 0.324 e. The average Bonchev–Trinajstić information content (AvgIpc) is 3.37. The summed E-state index contributed by atoms with van der Waals surface area (Å²) in [5.41, 5.74) is 0.797. The molecule has 3 heterocycles. The lowest BCUT2D eigenvalue weighted by atomic mass is 9.89. The Morgan fingerprint density at radius 2 is 2.12 bits per heavy atom. The Labute approximate surface area is 198 Å². The molecule has 7 nitrogen and oxygen atoms in total. The molecule has 0 saturated carbocycles. The molecule has 1 aromatic carbocycles. The van der Waals surface area contributed by atoms with Gasteiger partial charge in [-0.3, -0.25) is 19.1 Å². The van der Waals surface area contributed by atoms with Crippen LogP contribution in [0.3, 0.4) is 0 Å². The van der Waals surface area contributed by atoms with E-state index in [9.17, 15) is 18.8 Å². The number of carbonyl (C=O) groups is 2. The van der Waals surface area contributed by atoms with Gasteiger partial charge < -0.3 is 5.32 Å². The maximum atomic E-state index is 14.8. The zero-order valence-corrected chi connectivity index (χ0v) is 19.9. The third-order valence-corrected chi connectivity index (χ3v) is 8.33. The first-order valence-electron chi connectivity index (χ1n) is 10.9. The highest BCUT2D eigenvalue weighted by molar-refractivity contribution is 8.00. The normalized spacial score (nSPS) is 18.9. The molecule has 1 N–H and O–H groups in total. The number of carbonyl (C=O) groups excluding carboxylic acids is 2. The third kappa shape index (κ3) is 3.85. The summed E-state index contributed by atoms with van der Waals surface area (Å²) in [6.07, 6.45) is 2.70. The van der Waals surface area contributed by atoms with Crippen molar-refractivity contribution in [1.82, 2.24) is 19.8 Å². The number of benzene rings is 1. The molecular formula is C23H23FN4O3S2. The standard InChI is InChI=1S/C23H23FN4O3S2/c1-12-7-8-14-17(11-12)33-19-18(14)21(30)28(16-6-4-3-5-15(16)24)23(26-19)32-13(2)20(29)27-10-9-25-22(27)31/h3-6,12-13H,7-11H2,1-2H3,(H,25,31). The van der Waals surface area contributed by atoms with E-state index in [0.717, 1.165) is 46.4 Å². The van der Waals surface area contributed by atoms with E-state index in [1.54, 1.807) is 19.1 Å². The fourth-order valence-corrected chi connectivity index (χ4v) is 6.81. The predicted octanol–water partition coefficient (Wildman–Crippen LogP) is 3.74. The number of fused-ring (bicyclic) bond motifs is 3. The summed E-state index contributed by atoms with van der Waals surface area (Å²) >= 11 is 2.58. The van der Waals surface area contributed by atoms with E-state index in [0.29, 0.717) is 29.2 Å². The van der Waals surface area contributed by atoms with Gasteiger partial charge in [0.15, 0.2) is 5.16 Å². The van der Waals surface area contributed by atoms with Crippen molar-refractivity contribution in [3.8, 4) is 5.69 Å². The summed E-state index contributed by atoms with van der Waals surface area (Å²) in [5, 5.41) is 2.72. The minimum Gasteiger partial charge on any atom is -0.336 e. The van der Waals surface area contributed by atoms with Gasteiger partial charge in [0.25, 0.3) is 5.56 Å². The summed E-state index contributed by atoms with van der Waals surface area (Å²) in [7, 11) is 0. The third-order valence-electron chi connectivity index (χ3n) is 6.14. The van der Waals surface area contributed by atoms with Crippen molar-refractivity contribution >= 4 is 45.3 Å². The zero-order valence-electron chi connectivity index (χ0n) is 18.3. The Morgan fingerprint density at radius 1 is 1.33 bits per heavy atom. The van der Waals surface area contributed by atoms with E-state index >= 15 is 0 Å². The second kappa shape index (κ2) is 8.57. The van der Waals surface area contributed by atoms with Gasteiger partial charge in [0.1, 0.15) is 10.6 Å². The van der Waals surface area contributed by atoms with E-state index < -0.39 is 17.1 Å². The van der Waals surface area contributed by atoms with Crippen LogP contribution in [0.25, 0.3) is 15.9 Å². The summed E-state index contributed by atoms with van der Waals surface area (Å²) in [4.78, 5) is 46.3. The second-order valence-electron chi connectivity index (χ2n) is 8.50. The molecule has 33 heavy (non-hydrogen) atoms. The number of para-hydroxylation sites is 1. The Morgan fingerprint density at radius 3 is 2.85 bits per heavy atom. The number of nitrogens with one attached hydrogen (secondary N) is 1. The summed E-state index contributed by atoms with van der Waals surface area (Å²) in [6.45, 7) is 4.57. The van der Waals surface area contributed by atoms with Gasteiger partial charge in [-0.15, -0.1) is 11.3 Å². The molecule has 0 spiro atoms. The zero-order chi connectivity index (χ0) is 23.3. The second-order valence-corrected chi connectivity index (χ2v) is 10.9. The van der Waals surface area contributed by atoms with E-state index in [1.807, 2.05) is 0 Å². The Bertz CT molecular complexity index is 1340. The predicted molar refractivity (Wildman–Crippen MR) is 127 cm³/mol. The smallest absolute Gasteiger partial charge is 0.324 e. The number of nitrogens with zero attached hydrogens (tertiary/aromatic N) is 3. The van der Waals surface area contributed by atoms with Gasteiger partial charge in [0.2, 0.25) is 5.91 Å². The number of imide groups is 1. The van der Waals surface area contributed by atoms with E-state index in [1.165, 1.54) is 28.0 Å². The SMILES string of the molecule is CC1CCc2c(sc3nc(SC(C)C(=O)N4CCNC4=O)n(-c4ccccc4F)c(=O)c23)C1. The molecule has 1 aliphatic heterocycles. The van der Waals surface area contributed by atoms with Crippen molar-refractivity contribution in [2.45, 2.75) is 43.5 Å². The number of thioether (sulfide) groups is 1. The van der Waals surface area contributed by atoms with Gasteiger partial charge in [0.05, 0.1) is 16.3 Å². The molecule has 0 bridgehead atoms. The number of urea groups is 1. The monoisotopic (exact) mass is 486 g/mol. The largest absolute Gasteiger partial charge is 0.336 e. The van der Waals surface area contributed by atoms with Gasteiger partial charge in [-0.2, -0.15) is 0 Å². The van der Waals surface area contributed by atoms with Crippen LogP contribution in [0.2, 0.25) is 0 Å². The highest BCUT2D eigenvalue weighted by Crippen LogP contribution is 2.37. The van der Waals surface area contributed by atoms with Crippen LogP contribution in [0.1, 0.15) is 30.7 Å². The van der Waals surface area contributed by atoms with Crippen LogP contribution in [-0.2, 0) is 17.6 Å². The molecule has 2 aliphatic rings. The molecule has 0 radical (unpaired) electrons. The topological polar surface area (TPSA) is 84.3 Å². The number of hydrogen-bond donors (Lipinski definition) is 1. The fraction of sp³-hybridized carbons (Fsp3) is 0.391. The molecule has 5 rings (SSSR count). The fourth-order valence-electron chi connectivity index (χ4n) is 4.41. The van der Waals surface area contributed by atoms with E-state index in [-0.39, 0.29) is 22.3 Å². The lowest BCUT2D eigenvalue weighted by molar-refractivity contribution is -0.126. The van der Waals surface area contributed by atoms with Crippen LogP contribution in [0, 0.1) is 11.7 Å².